The Hall–Kier alpha value is -1.77. The zero-order chi connectivity index (χ0) is 10.4. The summed E-state index contributed by atoms with van der Waals surface area (Å²) in [5.74, 6) is -0.356. The third kappa shape index (κ3) is 2.36. The Kier molecular flexibility index (Phi) is 3.73. The normalized spacial score (nSPS) is 16.8. The zero-order valence-electron chi connectivity index (χ0n) is 7.89. The highest BCUT2D eigenvalue weighted by molar-refractivity contribution is 5.44. The molecule has 1 aliphatic heterocycles. The first-order valence-electron chi connectivity index (χ1n) is 4.28. The van der Waals surface area contributed by atoms with E-state index >= 15 is 0 Å². The van der Waals surface area contributed by atoms with E-state index in [0.29, 0.717) is 12.2 Å². The summed E-state index contributed by atoms with van der Waals surface area (Å²) >= 11 is 0. The molecule has 74 valence electrons. The zero-order valence-corrected chi connectivity index (χ0v) is 7.89. The van der Waals surface area contributed by atoms with Crippen molar-refractivity contribution in [3.8, 4) is 0 Å². The van der Waals surface area contributed by atoms with Crippen LogP contribution >= 0.6 is 0 Å². The smallest absolute Gasteiger partial charge is 0.131 e. The highest BCUT2D eigenvalue weighted by atomic mass is 19.1. The molecule has 0 unspecified atom stereocenters. The lowest BCUT2D eigenvalue weighted by molar-refractivity contribution is 0.657. The van der Waals surface area contributed by atoms with Crippen LogP contribution in [0.5, 0.6) is 0 Å². The lowest BCUT2D eigenvalue weighted by atomic mass is 10.1. The van der Waals surface area contributed by atoms with Crippen molar-refractivity contribution in [2.45, 2.75) is 0 Å². The number of nitrogens with one attached hydrogen (secondary N) is 2. The van der Waals surface area contributed by atoms with Gasteiger partial charge in [-0.3, -0.25) is 0 Å². The van der Waals surface area contributed by atoms with Gasteiger partial charge in [0.2, 0.25) is 0 Å². The van der Waals surface area contributed by atoms with Crippen LogP contribution in [-0.2, 0) is 0 Å². The van der Waals surface area contributed by atoms with E-state index < -0.39 is 0 Å². The molecule has 3 heteroatoms. The summed E-state index contributed by atoms with van der Waals surface area (Å²) < 4.78 is 13.3. The molecule has 0 amide bonds. The van der Waals surface area contributed by atoms with E-state index in [1.165, 1.54) is 6.08 Å². The molecule has 2 nitrogen and oxygen atoms in total. The maximum atomic E-state index is 13.3. The highest BCUT2D eigenvalue weighted by Gasteiger charge is 2.09. The third-order valence-electron chi connectivity index (χ3n) is 1.75. The largest absolute Gasteiger partial charge is 0.372 e. The number of halogens is 1. The molecule has 14 heavy (non-hydrogen) atoms. The van der Waals surface area contributed by atoms with Crippen molar-refractivity contribution in [1.82, 2.24) is 10.6 Å². The van der Waals surface area contributed by atoms with E-state index in [0.717, 1.165) is 5.70 Å². The van der Waals surface area contributed by atoms with Crippen LogP contribution in [0.15, 0.2) is 60.8 Å². The monoisotopic (exact) mass is 192 g/mol. The van der Waals surface area contributed by atoms with Gasteiger partial charge >= 0.3 is 0 Å². The Bertz CT molecular complexity index is 324. The molecule has 0 saturated carbocycles. The van der Waals surface area contributed by atoms with Crippen molar-refractivity contribution in [3.05, 3.63) is 60.8 Å². The van der Waals surface area contributed by atoms with Gasteiger partial charge < -0.3 is 10.6 Å². The molecule has 0 fully saturated rings. The van der Waals surface area contributed by atoms with Gasteiger partial charge in [0.25, 0.3) is 0 Å². The molecular weight excluding hydrogens is 179 g/mol. The first kappa shape index (κ1) is 10.3. The van der Waals surface area contributed by atoms with E-state index in [1.807, 2.05) is 0 Å². The summed E-state index contributed by atoms with van der Waals surface area (Å²) in [4.78, 5) is 0. The van der Waals surface area contributed by atoms with Crippen LogP contribution in [0.2, 0.25) is 0 Å². The molecule has 0 saturated heterocycles. The predicted molar refractivity (Wildman–Crippen MR) is 56.9 cm³/mol. The van der Waals surface area contributed by atoms with Gasteiger partial charge in [-0.2, -0.15) is 0 Å². The lowest BCUT2D eigenvalue weighted by Gasteiger charge is -2.04. The second-order valence-corrected chi connectivity index (χ2v) is 2.68. The van der Waals surface area contributed by atoms with Crippen LogP contribution in [-0.4, -0.2) is 6.67 Å². The van der Waals surface area contributed by atoms with Crippen LogP contribution < -0.4 is 10.6 Å². The summed E-state index contributed by atoms with van der Waals surface area (Å²) in [7, 11) is 0. The van der Waals surface area contributed by atoms with Crippen LogP contribution in [0.25, 0.3) is 0 Å². The molecule has 0 aromatic heterocycles. The van der Waals surface area contributed by atoms with Gasteiger partial charge in [0.05, 0.1) is 12.4 Å². The van der Waals surface area contributed by atoms with Crippen molar-refractivity contribution < 1.29 is 4.39 Å². The van der Waals surface area contributed by atoms with Gasteiger partial charge in [0, 0.05) is 11.8 Å². The average molecular weight is 192 g/mol. The molecule has 0 aliphatic carbocycles. The molecule has 0 spiro atoms. The predicted octanol–water partition coefficient (Wildman–Crippen LogP) is 2.13. The van der Waals surface area contributed by atoms with Crippen LogP contribution in [0, 0.1) is 0 Å². The Morgan fingerprint density at radius 2 is 2.29 bits per heavy atom. The number of allylic oxidation sites excluding steroid dienone is 5. The maximum absolute atomic E-state index is 13.3. The standard InChI is InChI=1S/C11H13FN2/c1-3-5-6-9(10(12)4-2)11-7-13-8-14-11/h3-7,13-14H,1-2,8H2/b6-5-,10-9-. The molecule has 0 atom stereocenters. The fraction of sp³-hybridized carbons (Fsp3) is 0.0909. The Balaban J connectivity index is 2.98. The molecule has 1 aliphatic rings. The van der Waals surface area contributed by atoms with E-state index in [1.54, 1.807) is 24.4 Å². The molecule has 1 rings (SSSR count). The first-order valence-corrected chi connectivity index (χ1v) is 4.28. The Morgan fingerprint density at radius 1 is 1.50 bits per heavy atom. The molecule has 0 bridgehead atoms. The number of rotatable bonds is 4. The average Bonchev–Trinajstić information content (AvgIpc) is 2.71. The third-order valence-corrected chi connectivity index (χ3v) is 1.75. The molecule has 0 aromatic rings. The van der Waals surface area contributed by atoms with Gasteiger partial charge in [0.1, 0.15) is 5.83 Å². The summed E-state index contributed by atoms with van der Waals surface area (Å²) in [5, 5.41) is 5.94. The van der Waals surface area contributed by atoms with Crippen LogP contribution in [0.4, 0.5) is 4.39 Å². The summed E-state index contributed by atoms with van der Waals surface area (Å²) in [6.07, 6.45) is 7.84. The van der Waals surface area contributed by atoms with Gasteiger partial charge in [-0.25, -0.2) is 4.39 Å². The molecular formula is C11H13FN2. The topological polar surface area (TPSA) is 24.1 Å². The Morgan fingerprint density at radius 3 is 2.79 bits per heavy atom. The van der Waals surface area contributed by atoms with Crippen LogP contribution in [0.1, 0.15) is 0 Å². The molecule has 1 heterocycles. The minimum absolute atomic E-state index is 0.356. The highest BCUT2D eigenvalue weighted by Crippen LogP contribution is 2.17. The first-order chi connectivity index (χ1) is 6.79. The minimum Gasteiger partial charge on any atom is -0.372 e. The Labute approximate surface area is 83.2 Å². The fourth-order valence-electron chi connectivity index (χ4n) is 1.10. The SMILES string of the molecule is C=C/C=C\C(C1=CNCN1)=C(\F)C=C. The van der Waals surface area contributed by atoms with E-state index in [2.05, 4.69) is 23.8 Å². The minimum atomic E-state index is -0.356. The second-order valence-electron chi connectivity index (χ2n) is 2.68. The van der Waals surface area contributed by atoms with Gasteiger partial charge in [-0.15, -0.1) is 0 Å². The van der Waals surface area contributed by atoms with Crippen molar-refractivity contribution in [3.63, 3.8) is 0 Å². The van der Waals surface area contributed by atoms with Crippen molar-refractivity contribution in [2.75, 3.05) is 6.67 Å². The van der Waals surface area contributed by atoms with Crippen LogP contribution in [0.3, 0.4) is 0 Å². The lowest BCUT2D eigenvalue weighted by Crippen LogP contribution is -2.15. The molecule has 2 N–H and O–H groups in total. The van der Waals surface area contributed by atoms with Gasteiger partial charge in [-0.1, -0.05) is 25.3 Å². The number of hydrogen-bond acceptors (Lipinski definition) is 2. The van der Waals surface area contributed by atoms with Gasteiger partial charge in [0.15, 0.2) is 0 Å². The van der Waals surface area contributed by atoms with E-state index in [9.17, 15) is 4.39 Å². The number of hydrogen-bond donors (Lipinski definition) is 2. The summed E-state index contributed by atoms with van der Waals surface area (Å²) in [6.45, 7) is 7.54. The quantitative estimate of drug-likeness (QED) is 0.667. The van der Waals surface area contributed by atoms with Crippen molar-refractivity contribution in [1.29, 1.82) is 0 Å². The van der Waals surface area contributed by atoms with Crippen molar-refractivity contribution in [2.24, 2.45) is 0 Å². The van der Waals surface area contributed by atoms with E-state index in [4.69, 9.17) is 0 Å². The van der Waals surface area contributed by atoms with Crippen molar-refractivity contribution >= 4 is 0 Å². The van der Waals surface area contributed by atoms with Gasteiger partial charge in [-0.05, 0) is 12.2 Å². The summed E-state index contributed by atoms with van der Waals surface area (Å²) in [6, 6.07) is 0. The second kappa shape index (κ2) is 5.07. The molecule has 0 aromatic carbocycles. The summed E-state index contributed by atoms with van der Waals surface area (Å²) in [5.41, 5.74) is 1.20. The van der Waals surface area contributed by atoms with E-state index in [-0.39, 0.29) is 5.83 Å². The molecule has 0 radical (unpaired) electrons. The fourth-order valence-corrected chi connectivity index (χ4v) is 1.10. The maximum Gasteiger partial charge on any atom is 0.131 e.